The van der Waals surface area contributed by atoms with Crippen LogP contribution in [0.15, 0.2) is 0 Å². The van der Waals surface area contributed by atoms with Crippen LogP contribution >= 0.6 is 0 Å². The molecule has 1 aliphatic heterocycles. The van der Waals surface area contributed by atoms with E-state index in [2.05, 4.69) is 0 Å². The average Bonchev–Trinajstić information content (AvgIpc) is 2.32. The first-order valence-corrected chi connectivity index (χ1v) is 5.16. The standard InChI is InChI=1S/C11H20NO2/c1-11(2,3)8-10(13)14-9-6-5-7-12(9)4/h5-8H2,1-4H3. The van der Waals surface area contributed by atoms with E-state index < -0.39 is 0 Å². The molecule has 3 heteroatoms. The molecule has 14 heavy (non-hydrogen) atoms. The second-order valence-corrected chi connectivity index (χ2v) is 5.13. The first kappa shape index (κ1) is 11.5. The van der Waals surface area contributed by atoms with Crippen LogP contribution in [0.1, 0.15) is 40.0 Å². The Kier molecular flexibility index (Phi) is 3.53. The molecular weight excluding hydrogens is 178 g/mol. The third-order valence-electron chi connectivity index (χ3n) is 2.22. The summed E-state index contributed by atoms with van der Waals surface area (Å²) in [7, 11) is 1.96. The van der Waals surface area contributed by atoms with Crippen LogP contribution in [-0.2, 0) is 9.53 Å². The maximum absolute atomic E-state index is 11.5. The molecule has 1 rings (SSSR count). The first-order valence-electron chi connectivity index (χ1n) is 5.16. The van der Waals surface area contributed by atoms with E-state index in [0.29, 0.717) is 6.42 Å². The number of nitrogens with zero attached hydrogens (tertiary/aromatic N) is 1. The average molecular weight is 198 g/mol. The van der Waals surface area contributed by atoms with Gasteiger partial charge in [-0.1, -0.05) is 20.8 Å². The highest BCUT2D eigenvalue weighted by Crippen LogP contribution is 2.26. The molecule has 0 bridgehead atoms. The molecule has 0 aromatic rings. The van der Waals surface area contributed by atoms with E-state index in [1.807, 2.05) is 32.7 Å². The lowest BCUT2D eigenvalue weighted by molar-refractivity contribution is -0.148. The van der Waals surface area contributed by atoms with Crippen molar-refractivity contribution in [1.29, 1.82) is 0 Å². The zero-order chi connectivity index (χ0) is 10.8. The minimum Gasteiger partial charge on any atom is -0.438 e. The summed E-state index contributed by atoms with van der Waals surface area (Å²) in [5.74, 6) is -0.110. The molecule has 0 aromatic carbocycles. The van der Waals surface area contributed by atoms with Gasteiger partial charge < -0.3 is 4.74 Å². The molecule has 0 spiro atoms. The van der Waals surface area contributed by atoms with Gasteiger partial charge in [0.05, 0.1) is 6.42 Å². The molecule has 1 heterocycles. The smallest absolute Gasteiger partial charge is 0.308 e. The lowest BCUT2D eigenvalue weighted by Gasteiger charge is -2.21. The number of hydrogen-bond donors (Lipinski definition) is 0. The van der Waals surface area contributed by atoms with Crippen LogP contribution in [0, 0.1) is 11.6 Å². The van der Waals surface area contributed by atoms with Crippen LogP contribution in [0.3, 0.4) is 0 Å². The van der Waals surface area contributed by atoms with Crippen LogP contribution in [0.25, 0.3) is 0 Å². The predicted molar refractivity (Wildman–Crippen MR) is 55.3 cm³/mol. The monoisotopic (exact) mass is 198 g/mol. The molecule has 0 aliphatic carbocycles. The van der Waals surface area contributed by atoms with Crippen LogP contribution in [0.4, 0.5) is 0 Å². The van der Waals surface area contributed by atoms with Crippen LogP contribution < -0.4 is 0 Å². The highest BCUT2D eigenvalue weighted by molar-refractivity contribution is 5.70. The van der Waals surface area contributed by atoms with Crippen molar-refractivity contribution in [2.75, 3.05) is 13.6 Å². The van der Waals surface area contributed by atoms with Crippen molar-refractivity contribution in [2.24, 2.45) is 5.41 Å². The Labute approximate surface area is 86.4 Å². The van der Waals surface area contributed by atoms with Crippen molar-refractivity contribution in [3.8, 4) is 0 Å². The van der Waals surface area contributed by atoms with Gasteiger partial charge in [0, 0.05) is 13.0 Å². The van der Waals surface area contributed by atoms with E-state index >= 15 is 0 Å². The predicted octanol–water partition coefficient (Wildman–Crippen LogP) is 2.18. The molecule has 0 N–H and O–H groups in total. The Hall–Kier alpha value is -0.570. The Balaban J connectivity index is 2.33. The van der Waals surface area contributed by atoms with E-state index in [0.717, 1.165) is 25.6 Å². The fourth-order valence-corrected chi connectivity index (χ4v) is 1.51. The lowest BCUT2D eigenvalue weighted by atomic mass is 9.92. The molecule has 0 amide bonds. The Morgan fingerprint density at radius 2 is 2.14 bits per heavy atom. The van der Waals surface area contributed by atoms with E-state index in [1.165, 1.54) is 0 Å². The van der Waals surface area contributed by atoms with Gasteiger partial charge in [0.2, 0.25) is 6.23 Å². The maximum Gasteiger partial charge on any atom is 0.308 e. The van der Waals surface area contributed by atoms with Crippen LogP contribution in [-0.4, -0.2) is 24.5 Å². The van der Waals surface area contributed by atoms with Crippen molar-refractivity contribution >= 4 is 5.97 Å². The molecule has 0 saturated carbocycles. The highest BCUT2D eigenvalue weighted by atomic mass is 16.6. The van der Waals surface area contributed by atoms with Gasteiger partial charge in [-0.05, 0) is 18.9 Å². The molecular formula is C11H20NO2. The first-order chi connectivity index (χ1) is 6.38. The normalized spacial score (nSPS) is 20.0. The number of esters is 1. The number of likely N-dealkylation sites (tertiary alicyclic amines) is 1. The summed E-state index contributed by atoms with van der Waals surface area (Å²) in [4.78, 5) is 13.5. The topological polar surface area (TPSA) is 29.5 Å². The van der Waals surface area contributed by atoms with E-state index in [1.54, 1.807) is 0 Å². The van der Waals surface area contributed by atoms with E-state index in [4.69, 9.17) is 4.74 Å². The zero-order valence-corrected chi connectivity index (χ0v) is 9.59. The number of carbonyl (C=O) groups excluding carboxylic acids is 1. The Morgan fingerprint density at radius 1 is 1.50 bits per heavy atom. The second-order valence-electron chi connectivity index (χ2n) is 5.13. The van der Waals surface area contributed by atoms with Gasteiger partial charge in [-0.2, -0.15) is 0 Å². The fourth-order valence-electron chi connectivity index (χ4n) is 1.51. The SMILES string of the molecule is CN1CCC[C]1OC(=O)CC(C)(C)C. The molecule has 1 saturated heterocycles. The van der Waals surface area contributed by atoms with Gasteiger partial charge >= 0.3 is 5.97 Å². The van der Waals surface area contributed by atoms with Crippen molar-refractivity contribution in [2.45, 2.75) is 40.0 Å². The van der Waals surface area contributed by atoms with Gasteiger partial charge in [0.15, 0.2) is 0 Å². The third-order valence-corrected chi connectivity index (χ3v) is 2.22. The molecule has 0 aromatic heterocycles. The summed E-state index contributed by atoms with van der Waals surface area (Å²) in [5.41, 5.74) is 0.00875. The quantitative estimate of drug-likeness (QED) is 0.637. The summed E-state index contributed by atoms with van der Waals surface area (Å²) in [6, 6.07) is 0. The maximum atomic E-state index is 11.5. The number of carbonyl (C=O) groups is 1. The summed E-state index contributed by atoms with van der Waals surface area (Å²) in [5, 5.41) is 0. The molecule has 0 unspecified atom stereocenters. The van der Waals surface area contributed by atoms with Gasteiger partial charge in [-0.3, -0.25) is 9.69 Å². The zero-order valence-electron chi connectivity index (χ0n) is 9.59. The molecule has 1 fully saturated rings. The van der Waals surface area contributed by atoms with Crippen molar-refractivity contribution in [3.63, 3.8) is 0 Å². The van der Waals surface area contributed by atoms with Crippen molar-refractivity contribution < 1.29 is 9.53 Å². The number of rotatable bonds is 2. The molecule has 3 nitrogen and oxygen atoms in total. The minimum absolute atomic E-state index is 0.00875. The van der Waals surface area contributed by atoms with E-state index in [-0.39, 0.29) is 11.4 Å². The lowest BCUT2D eigenvalue weighted by Crippen LogP contribution is -2.24. The highest BCUT2D eigenvalue weighted by Gasteiger charge is 2.27. The van der Waals surface area contributed by atoms with Gasteiger partial charge in [0.1, 0.15) is 0 Å². The van der Waals surface area contributed by atoms with Gasteiger partial charge in [-0.15, -0.1) is 0 Å². The van der Waals surface area contributed by atoms with Crippen molar-refractivity contribution in [1.82, 2.24) is 4.90 Å². The van der Waals surface area contributed by atoms with Gasteiger partial charge in [0.25, 0.3) is 0 Å². The summed E-state index contributed by atoms with van der Waals surface area (Å²) in [6.45, 7) is 7.12. The van der Waals surface area contributed by atoms with Gasteiger partial charge in [-0.25, -0.2) is 0 Å². The Morgan fingerprint density at radius 3 is 2.57 bits per heavy atom. The van der Waals surface area contributed by atoms with Crippen molar-refractivity contribution in [3.05, 3.63) is 6.23 Å². The van der Waals surface area contributed by atoms with Crippen LogP contribution in [0.2, 0.25) is 0 Å². The van der Waals surface area contributed by atoms with Crippen LogP contribution in [0.5, 0.6) is 0 Å². The number of ether oxygens (including phenoxy) is 1. The molecule has 0 atom stereocenters. The molecule has 1 aliphatic rings. The van der Waals surface area contributed by atoms with E-state index in [9.17, 15) is 4.79 Å². The largest absolute Gasteiger partial charge is 0.438 e. The summed E-state index contributed by atoms with van der Waals surface area (Å²) >= 11 is 0. The third kappa shape index (κ3) is 3.66. The fraction of sp³-hybridized carbons (Fsp3) is 0.818. The molecule has 81 valence electrons. The summed E-state index contributed by atoms with van der Waals surface area (Å²) < 4.78 is 5.30. The molecule has 1 radical (unpaired) electrons. The summed E-state index contributed by atoms with van der Waals surface area (Å²) in [6.07, 6.45) is 3.30. The Bertz CT molecular complexity index is 208. The minimum atomic E-state index is -0.110. The second kappa shape index (κ2) is 4.30. The number of hydrogen-bond acceptors (Lipinski definition) is 3.